The van der Waals surface area contributed by atoms with Crippen LogP contribution < -0.4 is 9.47 Å². The number of Topliss-reactive ketones (excluding diaryl/α,β-unsaturated/α-hetero) is 1. The van der Waals surface area contributed by atoms with Crippen LogP contribution in [0.25, 0.3) is 5.76 Å². The number of ether oxygens (including phenoxy) is 2. The molecule has 3 aromatic rings. The van der Waals surface area contributed by atoms with Gasteiger partial charge in [-0.25, -0.2) is 0 Å². The van der Waals surface area contributed by atoms with Crippen LogP contribution in [0, 0.1) is 13.8 Å². The first-order valence-electron chi connectivity index (χ1n) is 11.4. The normalized spacial score (nSPS) is 17.0. The van der Waals surface area contributed by atoms with Gasteiger partial charge in [-0.3, -0.25) is 14.6 Å². The SMILES string of the molecule is CCOc1ccc(C2/C(=C(\O)c3cc(C)ccc3C)C(=O)C(=O)N2Cc2ccncc2)cc1OC. The highest BCUT2D eigenvalue weighted by Gasteiger charge is 2.46. The first kappa shape index (κ1) is 24.0. The monoisotopic (exact) mass is 472 g/mol. The van der Waals surface area contributed by atoms with Gasteiger partial charge in [0.25, 0.3) is 11.7 Å². The van der Waals surface area contributed by atoms with Crippen LogP contribution in [0.2, 0.25) is 0 Å². The minimum absolute atomic E-state index is 0.0453. The van der Waals surface area contributed by atoms with Gasteiger partial charge in [-0.1, -0.05) is 23.8 Å². The molecule has 2 heterocycles. The van der Waals surface area contributed by atoms with E-state index in [1.165, 1.54) is 12.0 Å². The van der Waals surface area contributed by atoms with E-state index in [1.807, 2.05) is 39.0 Å². The standard InChI is InChI=1S/C28H28N2O5/c1-5-35-22-9-8-20(15-23(22)34-4)25-24(26(31)21-14-17(2)6-7-18(21)3)27(32)28(33)30(25)16-19-10-12-29-13-11-19/h6-15,25,31H,5,16H2,1-4H3/b26-24+. The van der Waals surface area contributed by atoms with E-state index < -0.39 is 17.7 Å². The summed E-state index contributed by atoms with van der Waals surface area (Å²) < 4.78 is 11.2. The second-order valence-electron chi connectivity index (χ2n) is 8.44. The minimum atomic E-state index is -0.812. The van der Waals surface area contributed by atoms with E-state index >= 15 is 0 Å². The highest BCUT2D eigenvalue weighted by molar-refractivity contribution is 6.46. The second kappa shape index (κ2) is 10.0. The Hall–Kier alpha value is -4.13. The largest absolute Gasteiger partial charge is 0.507 e. The zero-order valence-corrected chi connectivity index (χ0v) is 20.2. The lowest BCUT2D eigenvalue weighted by atomic mass is 9.93. The number of aliphatic hydroxyl groups is 1. The molecule has 1 amide bonds. The van der Waals surface area contributed by atoms with Gasteiger partial charge in [0.15, 0.2) is 11.5 Å². The second-order valence-corrected chi connectivity index (χ2v) is 8.44. The zero-order chi connectivity index (χ0) is 25.1. The number of ketones is 1. The van der Waals surface area contributed by atoms with Gasteiger partial charge >= 0.3 is 0 Å². The number of aliphatic hydroxyl groups excluding tert-OH is 1. The molecule has 7 nitrogen and oxygen atoms in total. The first-order chi connectivity index (χ1) is 16.8. The summed E-state index contributed by atoms with van der Waals surface area (Å²) in [6.45, 7) is 6.28. The number of aromatic nitrogens is 1. The van der Waals surface area contributed by atoms with Crippen molar-refractivity contribution < 1.29 is 24.2 Å². The van der Waals surface area contributed by atoms with Crippen LogP contribution in [0.4, 0.5) is 0 Å². The predicted molar refractivity (Wildman–Crippen MR) is 132 cm³/mol. The number of nitrogens with zero attached hydrogens (tertiary/aromatic N) is 2. The summed E-state index contributed by atoms with van der Waals surface area (Å²) >= 11 is 0. The molecule has 1 aromatic heterocycles. The Kier molecular flexibility index (Phi) is 6.87. The van der Waals surface area contributed by atoms with Gasteiger partial charge < -0.3 is 19.5 Å². The summed E-state index contributed by atoms with van der Waals surface area (Å²) in [4.78, 5) is 32.1. The van der Waals surface area contributed by atoms with Crippen LogP contribution in [-0.4, -0.2) is 40.4 Å². The van der Waals surface area contributed by atoms with Crippen LogP contribution in [0.3, 0.4) is 0 Å². The fraction of sp³-hybridized carbons (Fsp3) is 0.250. The molecule has 1 atom stereocenters. The first-order valence-corrected chi connectivity index (χ1v) is 11.4. The van der Waals surface area contributed by atoms with Crippen molar-refractivity contribution in [2.45, 2.75) is 33.4 Å². The van der Waals surface area contributed by atoms with E-state index in [0.717, 1.165) is 16.7 Å². The maximum atomic E-state index is 13.3. The fourth-order valence-corrected chi connectivity index (χ4v) is 4.34. The van der Waals surface area contributed by atoms with Gasteiger partial charge in [0, 0.05) is 24.5 Å². The number of pyridine rings is 1. The van der Waals surface area contributed by atoms with Gasteiger partial charge in [-0.15, -0.1) is 0 Å². The van der Waals surface area contributed by atoms with Gasteiger partial charge in [-0.2, -0.15) is 0 Å². The molecule has 1 N–H and O–H groups in total. The van der Waals surface area contributed by atoms with Crippen LogP contribution in [0.5, 0.6) is 11.5 Å². The molecule has 7 heteroatoms. The number of carbonyl (C=O) groups is 2. The van der Waals surface area contributed by atoms with E-state index in [9.17, 15) is 14.7 Å². The lowest BCUT2D eigenvalue weighted by Gasteiger charge is -2.26. The fourth-order valence-electron chi connectivity index (χ4n) is 4.34. The Morgan fingerprint density at radius 2 is 1.77 bits per heavy atom. The molecule has 1 aliphatic heterocycles. The molecule has 35 heavy (non-hydrogen) atoms. The number of rotatable bonds is 7. The molecule has 0 spiro atoms. The van der Waals surface area contributed by atoms with Crippen molar-refractivity contribution in [2.24, 2.45) is 0 Å². The van der Waals surface area contributed by atoms with E-state index in [4.69, 9.17) is 9.47 Å². The van der Waals surface area contributed by atoms with Crippen molar-refractivity contribution in [1.29, 1.82) is 0 Å². The molecular formula is C28H28N2O5. The number of amides is 1. The van der Waals surface area contributed by atoms with Crippen molar-refractivity contribution >= 4 is 17.4 Å². The maximum Gasteiger partial charge on any atom is 0.295 e. The predicted octanol–water partition coefficient (Wildman–Crippen LogP) is 4.73. The Morgan fingerprint density at radius 1 is 1.03 bits per heavy atom. The lowest BCUT2D eigenvalue weighted by Crippen LogP contribution is -2.29. The van der Waals surface area contributed by atoms with Crippen LogP contribution in [-0.2, 0) is 16.1 Å². The number of likely N-dealkylation sites (tertiary alicyclic amines) is 1. The number of methoxy groups -OCH3 is 1. The smallest absolute Gasteiger partial charge is 0.295 e. The van der Waals surface area contributed by atoms with Gasteiger partial charge in [0.1, 0.15) is 5.76 Å². The third kappa shape index (κ3) is 4.62. The molecule has 0 saturated carbocycles. The number of benzene rings is 2. The maximum absolute atomic E-state index is 13.3. The van der Waals surface area contributed by atoms with Gasteiger partial charge in [0.05, 0.1) is 25.3 Å². The average molecular weight is 473 g/mol. The van der Waals surface area contributed by atoms with E-state index in [2.05, 4.69) is 4.98 Å². The van der Waals surface area contributed by atoms with Crippen molar-refractivity contribution in [3.63, 3.8) is 0 Å². The Labute approximate surface area is 204 Å². The van der Waals surface area contributed by atoms with Gasteiger partial charge in [0.2, 0.25) is 0 Å². The Balaban J connectivity index is 1.91. The summed E-state index contributed by atoms with van der Waals surface area (Å²) in [6, 6.07) is 13.7. The summed E-state index contributed by atoms with van der Waals surface area (Å²) in [5.41, 5.74) is 3.75. The molecule has 1 unspecified atom stereocenters. The third-order valence-corrected chi connectivity index (χ3v) is 6.09. The van der Waals surface area contributed by atoms with E-state index in [1.54, 1.807) is 42.7 Å². The highest BCUT2D eigenvalue weighted by Crippen LogP contribution is 2.43. The van der Waals surface area contributed by atoms with E-state index in [-0.39, 0.29) is 17.9 Å². The van der Waals surface area contributed by atoms with Crippen molar-refractivity contribution in [1.82, 2.24) is 9.88 Å². The van der Waals surface area contributed by atoms with E-state index in [0.29, 0.717) is 29.2 Å². The Bertz CT molecular complexity index is 1300. The molecule has 1 fully saturated rings. The molecule has 0 radical (unpaired) electrons. The van der Waals surface area contributed by atoms with Gasteiger partial charge in [-0.05, 0) is 67.8 Å². The topological polar surface area (TPSA) is 89.0 Å². The minimum Gasteiger partial charge on any atom is -0.507 e. The molecule has 0 bridgehead atoms. The zero-order valence-electron chi connectivity index (χ0n) is 20.2. The number of hydrogen-bond donors (Lipinski definition) is 1. The third-order valence-electron chi connectivity index (χ3n) is 6.09. The van der Waals surface area contributed by atoms with Crippen LogP contribution >= 0.6 is 0 Å². The van der Waals surface area contributed by atoms with Crippen LogP contribution in [0.1, 0.15) is 40.8 Å². The Morgan fingerprint density at radius 3 is 2.46 bits per heavy atom. The highest BCUT2D eigenvalue weighted by atomic mass is 16.5. The summed E-state index contributed by atoms with van der Waals surface area (Å²) in [5.74, 6) is -0.564. The molecule has 0 aliphatic carbocycles. The molecule has 1 aliphatic rings. The molecule has 4 rings (SSSR count). The summed E-state index contributed by atoms with van der Waals surface area (Å²) in [7, 11) is 1.53. The van der Waals surface area contributed by atoms with Crippen molar-refractivity contribution in [2.75, 3.05) is 13.7 Å². The summed E-state index contributed by atoms with van der Waals surface area (Å²) in [6.07, 6.45) is 3.27. The molecule has 180 valence electrons. The number of hydrogen-bond acceptors (Lipinski definition) is 6. The summed E-state index contributed by atoms with van der Waals surface area (Å²) in [5, 5.41) is 11.4. The number of carbonyl (C=O) groups excluding carboxylic acids is 2. The molecular weight excluding hydrogens is 444 g/mol. The van der Waals surface area contributed by atoms with Crippen LogP contribution in [0.15, 0.2) is 66.5 Å². The van der Waals surface area contributed by atoms with Crippen molar-refractivity contribution in [3.8, 4) is 11.5 Å². The average Bonchev–Trinajstić information content (AvgIpc) is 3.11. The van der Waals surface area contributed by atoms with Crippen molar-refractivity contribution in [3.05, 3.63) is 94.3 Å². The number of aryl methyl sites for hydroxylation is 2. The molecule has 2 aromatic carbocycles. The lowest BCUT2D eigenvalue weighted by molar-refractivity contribution is -0.140. The quantitative estimate of drug-likeness (QED) is 0.304. The molecule has 1 saturated heterocycles.